The van der Waals surface area contributed by atoms with Crippen LogP contribution in [0.4, 0.5) is 0 Å². The highest BCUT2D eigenvalue weighted by atomic mass is 16.5. The van der Waals surface area contributed by atoms with Crippen molar-refractivity contribution in [1.82, 2.24) is 20.4 Å². The molecule has 102 valence electrons. The molecule has 0 fully saturated rings. The highest BCUT2D eigenvalue weighted by molar-refractivity contribution is 5.92. The summed E-state index contributed by atoms with van der Waals surface area (Å²) in [6, 6.07) is 3.11. The largest absolute Gasteiger partial charge is 0.384 e. The van der Waals surface area contributed by atoms with Gasteiger partial charge in [-0.25, -0.2) is 0 Å². The molecule has 2 rings (SSSR count). The van der Waals surface area contributed by atoms with Crippen LogP contribution in [0.15, 0.2) is 22.9 Å². The Morgan fingerprint density at radius 3 is 3.16 bits per heavy atom. The summed E-state index contributed by atoms with van der Waals surface area (Å²) in [6.07, 6.45) is 2.27. The van der Waals surface area contributed by atoms with E-state index in [1.165, 1.54) is 0 Å². The lowest BCUT2D eigenvalue weighted by atomic mass is 10.3. The molecule has 19 heavy (non-hydrogen) atoms. The summed E-state index contributed by atoms with van der Waals surface area (Å²) in [5.74, 6) is 0.734. The summed E-state index contributed by atoms with van der Waals surface area (Å²) in [5.41, 5.74) is 0.492. The predicted molar refractivity (Wildman–Crippen MR) is 66.6 cm³/mol. The molecule has 0 bridgehead atoms. The molecule has 0 radical (unpaired) electrons. The van der Waals surface area contributed by atoms with Crippen molar-refractivity contribution in [1.29, 1.82) is 0 Å². The van der Waals surface area contributed by atoms with Crippen LogP contribution >= 0.6 is 0 Å². The number of hydrogen-bond donors (Lipinski definition) is 2. The molecule has 7 heteroatoms. The van der Waals surface area contributed by atoms with Gasteiger partial charge in [0.1, 0.15) is 11.7 Å². The van der Waals surface area contributed by atoms with E-state index in [-0.39, 0.29) is 11.9 Å². The highest BCUT2D eigenvalue weighted by Crippen LogP contribution is 2.10. The smallest absolute Gasteiger partial charge is 0.268 e. The minimum Gasteiger partial charge on any atom is -0.384 e. The number of nitrogens with one attached hydrogen (secondary N) is 2. The molecule has 0 unspecified atom stereocenters. The van der Waals surface area contributed by atoms with Crippen LogP contribution in [0.5, 0.6) is 0 Å². The van der Waals surface area contributed by atoms with E-state index in [9.17, 15) is 4.79 Å². The van der Waals surface area contributed by atoms with Gasteiger partial charge >= 0.3 is 0 Å². The molecule has 0 aromatic carbocycles. The third kappa shape index (κ3) is 3.41. The minimum absolute atomic E-state index is 0.214. The standard InChI is InChI=1S/C12H16N4O3/c1-8(14-11(17)9-4-3-6-13-9)12-15-10(16-19-12)5-7-18-2/h3-4,6,8,13H,5,7H2,1-2H3,(H,14,17)/t8-/m0/s1. The number of rotatable bonds is 6. The SMILES string of the molecule is COCCc1noc([C@H](C)NC(=O)c2ccc[nH]2)n1. The van der Waals surface area contributed by atoms with Crippen LogP contribution in [-0.4, -0.2) is 34.7 Å². The van der Waals surface area contributed by atoms with Gasteiger partial charge in [0, 0.05) is 19.7 Å². The number of hydrogen-bond acceptors (Lipinski definition) is 5. The maximum atomic E-state index is 11.8. The Balaban J connectivity index is 1.94. The maximum absolute atomic E-state index is 11.8. The first-order valence-electron chi connectivity index (χ1n) is 5.96. The van der Waals surface area contributed by atoms with Gasteiger partial charge in [-0.1, -0.05) is 5.16 Å². The van der Waals surface area contributed by atoms with Crippen molar-refractivity contribution in [3.8, 4) is 0 Å². The first-order valence-corrected chi connectivity index (χ1v) is 5.96. The van der Waals surface area contributed by atoms with Gasteiger partial charge in [-0.15, -0.1) is 0 Å². The maximum Gasteiger partial charge on any atom is 0.268 e. The van der Waals surface area contributed by atoms with E-state index in [1.54, 1.807) is 32.4 Å². The topological polar surface area (TPSA) is 93.0 Å². The molecular formula is C12H16N4O3. The first kappa shape index (κ1) is 13.3. The van der Waals surface area contributed by atoms with Crippen molar-refractivity contribution in [3.05, 3.63) is 35.7 Å². The molecule has 1 atom stereocenters. The number of carbonyl (C=O) groups excluding carboxylic acids is 1. The van der Waals surface area contributed by atoms with Crippen molar-refractivity contribution in [2.75, 3.05) is 13.7 Å². The van der Waals surface area contributed by atoms with Crippen molar-refractivity contribution in [2.45, 2.75) is 19.4 Å². The fraction of sp³-hybridized carbons (Fsp3) is 0.417. The second-order valence-electron chi connectivity index (χ2n) is 4.07. The third-order valence-corrected chi connectivity index (χ3v) is 2.57. The number of aromatic amines is 1. The summed E-state index contributed by atoms with van der Waals surface area (Å²) in [7, 11) is 1.61. The van der Waals surface area contributed by atoms with E-state index >= 15 is 0 Å². The Hall–Kier alpha value is -2.15. The Labute approximate surface area is 110 Å². The summed E-state index contributed by atoms with van der Waals surface area (Å²) < 4.78 is 10.0. The molecule has 2 N–H and O–H groups in total. The van der Waals surface area contributed by atoms with Crippen LogP contribution in [0.3, 0.4) is 0 Å². The van der Waals surface area contributed by atoms with Gasteiger partial charge in [-0.05, 0) is 19.1 Å². The fourth-order valence-electron chi connectivity index (χ4n) is 1.55. The zero-order valence-electron chi connectivity index (χ0n) is 10.8. The summed E-state index contributed by atoms with van der Waals surface area (Å²) >= 11 is 0. The molecule has 0 saturated carbocycles. The second-order valence-corrected chi connectivity index (χ2v) is 4.07. The molecule has 1 amide bonds. The van der Waals surface area contributed by atoms with Gasteiger partial charge in [0.05, 0.1) is 6.61 Å². The van der Waals surface area contributed by atoms with Crippen molar-refractivity contribution in [2.24, 2.45) is 0 Å². The summed E-state index contributed by atoms with van der Waals surface area (Å²) in [4.78, 5) is 18.8. The van der Waals surface area contributed by atoms with Crippen LogP contribution in [0.25, 0.3) is 0 Å². The number of H-pyrrole nitrogens is 1. The predicted octanol–water partition coefficient (Wildman–Crippen LogP) is 1.08. The molecule has 0 aliphatic heterocycles. The van der Waals surface area contributed by atoms with Crippen molar-refractivity contribution < 1.29 is 14.1 Å². The average Bonchev–Trinajstić information content (AvgIpc) is 3.07. The molecular weight excluding hydrogens is 248 g/mol. The number of aromatic nitrogens is 3. The van der Waals surface area contributed by atoms with Gasteiger partial charge in [-0.3, -0.25) is 4.79 Å². The van der Waals surface area contributed by atoms with Gasteiger partial charge in [0.2, 0.25) is 5.89 Å². The molecule has 0 aliphatic rings. The highest BCUT2D eigenvalue weighted by Gasteiger charge is 2.17. The molecule has 2 heterocycles. The third-order valence-electron chi connectivity index (χ3n) is 2.57. The number of carbonyl (C=O) groups is 1. The fourth-order valence-corrected chi connectivity index (χ4v) is 1.55. The molecule has 2 aromatic heterocycles. The molecule has 0 spiro atoms. The quantitative estimate of drug-likeness (QED) is 0.814. The van der Waals surface area contributed by atoms with Gasteiger partial charge in [0.15, 0.2) is 5.82 Å². The zero-order valence-corrected chi connectivity index (χ0v) is 10.8. The minimum atomic E-state index is -0.348. The normalized spacial score (nSPS) is 12.3. The van der Waals surface area contributed by atoms with Crippen molar-refractivity contribution in [3.63, 3.8) is 0 Å². The Kier molecular flexibility index (Phi) is 4.30. The lowest BCUT2D eigenvalue weighted by molar-refractivity contribution is 0.0928. The second kappa shape index (κ2) is 6.14. The number of nitrogens with zero attached hydrogens (tertiary/aromatic N) is 2. The van der Waals surface area contributed by atoms with E-state index in [0.717, 1.165) is 0 Å². The van der Waals surface area contributed by atoms with E-state index in [4.69, 9.17) is 9.26 Å². The summed E-state index contributed by atoms with van der Waals surface area (Å²) in [6.45, 7) is 2.32. The van der Waals surface area contributed by atoms with E-state index in [1.807, 2.05) is 0 Å². The number of methoxy groups -OCH3 is 1. The van der Waals surface area contributed by atoms with E-state index in [2.05, 4.69) is 20.4 Å². The van der Waals surface area contributed by atoms with Crippen molar-refractivity contribution >= 4 is 5.91 Å². The molecule has 0 saturated heterocycles. The molecule has 0 aliphatic carbocycles. The van der Waals surface area contributed by atoms with Gasteiger partial charge in [0.25, 0.3) is 5.91 Å². The number of amides is 1. The lowest BCUT2D eigenvalue weighted by Gasteiger charge is -2.08. The Bertz CT molecular complexity index is 521. The van der Waals surface area contributed by atoms with E-state index < -0.39 is 0 Å². The first-order chi connectivity index (χ1) is 9.20. The van der Waals surface area contributed by atoms with Crippen LogP contribution in [0.1, 0.15) is 35.2 Å². The summed E-state index contributed by atoms with van der Waals surface area (Å²) in [5, 5.41) is 6.59. The van der Waals surface area contributed by atoms with Gasteiger partial charge in [-0.2, -0.15) is 4.98 Å². The zero-order chi connectivity index (χ0) is 13.7. The Morgan fingerprint density at radius 2 is 2.47 bits per heavy atom. The van der Waals surface area contributed by atoms with Crippen LogP contribution in [0, 0.1) is 0 Å². The van der Waals surface area contributed by atoms with Crippen LogP contribution in [-0.2, 0) is 11.2 Å². The molecule has 7 nitrogen and oxygen atoms in total. The molecule has 2 aromatic rings. The van der Waals surface area contributed by atoms with E-state index in [0.29, 0.717) is 30.4 Å². The average molecular weight is 264 g/mol. The monoisotopic (exact) mass is 264 g/mol. The lowest BCUT2D eigenvalue weighted by Crippen LogP contribution is -2.27. The van der Waals surface area contributed by atoms with Crippen LogP contribution < -0.4 is 5.32 Å². The van der Waals surface area contributed by atoms with Gasteiger partial charge < -0.3 is 19.6 Å². The Morgan fingerprint density at radius 1 is 1.63 bits per heavy atom. The van der Waals surface area contributed by atoms with Crippen LogP contribution in [0.2, 0.25) is 0 Å². The number of ether oxygens (including phenoxy) is 1.